The van der Waals surface area contributed by atoms with Crippen molar-refractivity contribution in [1.29, 1.82) is 0 Å². The van der Waals surface area contributed by atoms with E-state index in [4.69, 9.17) is 5.10 Å². The molecule has 0 radical (unpaired) electrons. The minimum Gasteiger partial charge on any atom is -0.207 e. The fraction of sp³-hybridized carbons (Fsp3) is 0.167. The molecule has 1 atom stereocenters. The van der Waals surface area contributed by atoms with Crippen molar-refractivity contribution in [3.63, 3.8) is 0 Å². The highest BCUT2D eigenvalue weighted by atomic mass is 32.2. The Balaban J connectivity index is 1.85. The number of aromatic nitrogens is 3. The molecule has 0 saturated heterocycles. The SMILES string of the molecule is Cc1ccccc1-c1nnc2n1N=C(c1ccc(F)cc1)[C@H](C)S2. The summed E-state index contributed by atoms with van der Waals surface area (Å²) >= 11 is 1.61. The fourth-order valence-corrected chi connectivity index (χ4v) is 3.66. The summed E-state index contributed by atoms with van der Waals surface area (Å²) in [5, 5.41) is 14.3. The van der Waals surface area contributed by atoms with Crippen LogP contribution in [-0.2, 0) is 0 Å². The molecular formula is C18H15FN4S. The van der Waals surface area contributed by atoms with Crippen LogP contribution in [0.4, 0.5) is 4.39 Å². The third kappa shape index (κ3) is 2.53. The van der Waals surface area contributed by atoms with Crippen LogP contribution in [-0.4, -0.2) is 25.8 Å². The second-order valence-electron chi connectivity index (χ2n) is 5.69. The number of rotatable bonds is 2. The first kappa shape index (κ1) is 15.1. The molecule has 3 aromatic rings. The zero-order chi connectivity index (χ0) is 16.7. The maximum atomic E-state index is 13.2. The molecule has 0 saturated carbocycles. The van der Waals surface area contributed by atoms with Gasteiger partial charge in [-0.1, -0.05) is 48.2 Å². The molecule has 2 heterocycles. The Kier molecular flexibility index (Phi) is 3.69. The van der Waals surface area contributed by atoms with E-state index in [2.05, 4.69) is 17.1 Å². The van der Waals surface area contributed by atoms with E-state index in [0.717, 1.165) is 33.4 Å². The summed E-state index contributed by atoms with van der Waals surface area (Å²) in [5.74, 6) is 0.475. The molecule has 1 aromatic heterocycles. The van der Waals surface area contributed by atoms with Crippen LogP contribution in [0.5, 0.6) is 0 Å². The summed E-state index contributed by atoms with van der Waals surface area (Å²) in [5.41, 5.74) is 3.93. The molecule has 24 heavy (non-hydrogen) atoms. The summed E-state index contributed by atoms with van der Waals surface area (Å²) in [7, 11) is 0. The molecule has 120 valence electrons. The van der Waals surface area contributed by atoms with E-state index >= 15 is 0 Å². The zero-order valence-corrected chi connectivity index (χ0v) is 14.1. The summed E-state index contributed by atoms with van der Waals surface area (Å²) in [6.07, 6.45) is 0. The van der Waals surface area contributed by atoms with E-state index in [0.29, 0.717) is 0 Å². The first-order valence-corrected chi connectivity index (χ1v) is 8.54. The van der Waals surface area contributed by atoms with Crippen LogP contribution >= 0.6 is 11.8 Å². The number of nitrogens with zero attached hydrogens (tertiary/aromatic N) is 4. The van der Waals surface area contributed by atoms with Crippen LogP contribution in [0.15, 0.2) is 58.8 Å². The first-order valence-electron chi connectivity index (χ1n) is 7.66. The van der Waals surface area contributed by atoms with E-state index in [-0.39, 0.29) is 11.1 Å². The molecule has 0 amide bonds. The third-order valence-corrected chi connectivity index (χ3v) is 5.06. The third-order valence-electron chi connectivity index (χ3n) is 4.01. The van der Waals surface area contributed by atoms with Gasteiger partial charge in [0.1, 0.15) is 5.82 Å². The fourth-order valence-electron chi connectivity index (χ4n) is 2.74. The van der Waals surface area contributed by atoms with Crippen molar-refractivity contribution in [1.82, 2.24) is 14.9 Å². The average Bonchev–Trinajstić information content (AvgIpc) is 2.98. The Hall–Kier alpha value is -2.47. The number of thioether (sulfide) groups is 1. The normalized spacial score (nSPS) is 16.6. The smallest absolute Gasteiger partial charge is 0.207 e. The molecule has 6 heteroatoms. The maximum absolute atomic E-state index is 13.2. The zero-order valence-electron chi connectivity index (χ0n) is 13.3. The number of aryl methyl sites for hydroxylation is 1. The van der Waals surface area contributed by atoms with Gasteiger partial charge < -0.3 is 0 Å². The molecule has 2 aromatic carbocycles. The lowest BCUT2D eigenvalue weighted by Crippen LogP contribution is -2.21. The predicted molar refractivity (Wildman–Crippen MR) is 93.8 cm³/mol. The van der Waals surface area contributed by atoms with Crippen molar-refractivity contribution >= 4 is 17.5 Å². The Labute approximate surface area is 143 Å². The molecule has 0 aliphatic carbocycles. The van der Waals surface area contributed by atoms with Gasteiger partial charge in [-0.05, 0) is 37.1 Å². The van der Waals surface area contributed by atoms with Gasteiger partial charge in [0, 0.05) is 5.56 Å². The second kappa shape index (κ2) is 5.87. The molecule has 1 aliphatic rings. The van der Waals surface area contributed by atoms with Gasteiger partial charge in [0.05, 0.1) is 11.0 Å². The lowest BCUT2D eigenvalue weighted by atomic mass is 10.1. The van der Waals surface area contributed by atoms with Gasteiger partial charge in [-0.15, -0.1) is 10.2 Å². The minimum atomic E-state index is -0.249. The summed E-state index contributed by atoms with van der Waals surface area (Å²) in [4.78, 5) is 0. The maximum Gasteiger partial charge on any atom is 0.213 e. The number of hydrogen-bond donors (Lipinski definition) is 0. The minimum absolute atomic E-state index is 0.122. The molecule has 4 rings (SSSR count). The van der Waals surface area contributed by atoms with Crippen molar-refractivity contribution < 1.29 is 4.39 Å². The first-order chi connectivity index (χ1) is 11.6. The van der Waals surface area contributed by atoms with E-state index < -0.39 is 0 Å². The van der Waals surface area contributed by atoms with Gasteiger partial charge in [-0.25, -0.2) is 4.39 Å². The van der Waals surface area contributed by atoms with Gasteiger partial charge in [0.2, 0.25) is 5.16 Å². The molecular weight excluding hydrogens is 323 g/mol. The van der Waals surface area contributed by atoms with Crippen molar-refractivity contribution in [3.05, 3.63) is 65.5 Å². The lowest BCUT2D eigenvalue weighted by molar-refractivity contribution is 0.627. The van der Waals surface area contributed by atoms with E-state index in [1.54, 1.807) is 28.6 Å². The predicted octanol–water partition coefficient (Wildman–Crippen LogP) is 4.14. The molecule has 1 aliphatic heterocycles. The molecule has 0 N–H and O–H groups in total. The number of hydrogen-bond acceptors (Lipinski definition) is 4. The Morgan fingerprint density at radius 1 is 1.04 bits per heavy atom. The molecule has 4 nitrogen and oxygen atoms in total. The summed E-state index contributed by atoms with van der Waals surface area (Å²) in [6, 6.07) is 14.5. The monoisotopic (exact) mass is 338 g/mol. The standard InChI is InChI=1S/C18H15FN4S/c1-11-5-3-4-6-15(11)17-20-21-18-23(17)22-16(12(2)24-18)13-7-9-14(19)10-8-13/h3-10,12H,1-2H3/t12-/m0/s1. The van der Waals surface area contributed by atoms with E-state index in [1.165, 1.54) is 12.1 Å². The highest BCUT2D eigenvalue weighted by Crippen LogP contribution is 2.33. The number of halogens is 1. The second-order valence-corrected chi connectivity index (χ2v) is 6.99. The van der Waals surface area contributed by atoms with E-state index in [9.17, 15) is 4.39 Å². The topological polar surface area (TPSA) is 43.1 Å². The average molecular weight is 338 g/mol. The van der Waals surface area contributed by atoms with Crippen LogP contribution in [0, 0.1) is 12.7 Å². The van der Waals surface area contributed by atoms with Crippen molar-refractivity contribution in [2.24, 2.45) is 5.10 Å². The molecule has 0 bridgehead atoms. The number of benzene rings is 2. The van der Waals surface area contributed by atoms with Gasteiger partial charge in [0.25, 0.3) is 0 Å². The van der Waals surface area contributed by atoms with Gasteiger partial charge in [-0.3, -0.25) is 0 Å². The van der Waals surface area contributed by atoms with Gasteiger partial charge in [-0.2, -0.15) is 9.78 Å². The largest absolute Gasteiger partial charge is 0.213 e. The van der Waals surface area contributed by atoms with Crippen LogP contribution in [0.1, 0.15) is 18.1 Å². The molecule has 0 spiro atoms. The van der Waals surface area contributed by atoms with Crippen LogP contribution < -0.4 is 0 Å². The van der Waals surface area contributed by atoms with Crippen LogP contribution in [0.3, 0.4) is 0 Å². The highest BCUT2D eigenvalue weighted by molar-refractivity contribution is 8.00. The van der Waals surface area contributed by atoms with Crippen molar-refractivity contribution in [3.8, 4) is 11.4 Å². The Bertz CT molecular complexity index is 930. The van der Waals surface area contributed by atoms with E-state index in [1.807, 2.05) is 31.2 Å². The summed E-state index contributed by atoms with van der Waals surface area (Å²) < 4.78 is 15.0. The highest BCUT2D eigenvalue weighted by Gasteiger charge is 2.26. The van der Waals surface area contributed by atoms with Crippen LogP contribution in [0.25, 0.3) is 11.4 Å². The Morgan fingerprint density at radius 3 is 2.54 bits per heavy atom. The summed E-state index contributed by atoms with van der Waals surface area (Å²) in [6.45, 7) is 4.11. The van der Waals surface area contributed by atoms with Crippen molar-refractivity contribution in [2.45, 2.75) is 24.3 Å². The number of fused-ring (bicyclic) bond motifs is 1. The quantitative estimate of drug-likeness (QED) is 0.705. The van der Waals surface area contributed by atoms with Gasteiger partial charge >= 0.3 is 0 Å². The van der Waals surface area contributed by atoms with Crippen molar-refractivity contribution in [2.75, 3.05) is 0 Å². The van der Waals surface area contributed by atoms with Crippen LogP contribution in [0.2, 0.25) is 0 Å². The lowest BCUT2D eigenvalue weighted by Gasteiger charge is -2.20. The van der Waals surface area contributed by atoms with Gasteiger partial charge in [0.15, 0.2) is 5.82 Å². The molecule has 0 fully saturated rings. The Morgan fingerprint density at radius 2 is 1.79 bits per heavy atom. The molecule has 0 unspecified atom stereocenters.